The summed E-state index contributed by atoms with van der Waals surface area (Å²) < 4.78 is 293. The van der Waals surface area contributed by atoms with Crippen molar-refractivity contribution in [3.63, 3.8) is 0 Å². The second-order valence-electron chi connectivity index (χ2n) is 21.4. The molecule has 1 aliphatic carbocycles. The molecule has 0 aliphatic heterocycles. The van der Waals surface area contributed by atoms with E-state index in [1.54, 1.807) is 30.6 Å². The standard InChI is InChI=1S/C44H32N2S.C28H20S.C12H10N2.C10H8/c1-3-29-23-24-31-25-28-38(46-42(31)41(29)45-2)36-26-27-37(35-22-14-13-21-34(35)36)40-39(30-15-7-4-8-16-30)43(32-17-9-5-10-18-32)47-44(40)33-19-11-6-12-20-33;1-5-13-21(14-6-1)25-26(22-15-7-2-8-16-22)28(24-19-11-4-12-20-24)29-27(25)23-17-9-3-10-18-23;1-2-10-6-5-9-14-12(10)11-7-3-4-8-13-11;1-2-6-10-8-4-3-7-9(10)5-1/h3-25,28H,1-2,26-27H2;1-20H;2-9H,1H2;1-8H/i4D,5D,6D,7D,8D,9D,10D,11D,12D,15D,16D,17D,18D,19D,20D;1D,2D,3D,4D,5D,6D,7D,8D,9D,10D,11D,13D,14D,15D,16D,17D,18D,19D,20D;;. The Balaban J connectivity index is 0.000000174. The van der Waals surface area contributed by atoms with Gasteiger partial charge in [-0.3, -0.25) is 15.0 Å². The molecule has 5 heterocycles. The van der Waals surface area contributed by atoms with Crippen molar-refractivity contribution in [2.45, 2.75) is 12.8 Å². The number of rotatable bonds is 13. The van der Waals surface area contributed by atoms with Crippen LogP contribution in [0.15, 0.2) is 369 Å². The van der Waals surface area contributed by atoms with E-state index in [4.69, 9.17) is 48.8 Å². The Morgan fingerprint density at radius 1 is 0.340 bits per heavy atom. The Labute approximate surface area is 641 Å². The summed E-state index contributed by atoms with van der Waals surface area (Å²) in [5, 5.41) is 4.73. The Kier molecular flexibility index (Phi) is 11.4. The molecule has 0 fully saturated rings. The van der Waals surface area contributed by atoms with Gasteiger partial charge in [-0.1, -0.05) is 340 Å². The van der Waals surface area contributed by atoms with Crippen LogP contribution in [-0.4, -0.2) is 21.7 Å². The summed E-state index contributed by atoms with van der Waals surface area (Å²) in [7, 11) is 0. The Morgan fingerprint density at radius 2 is 0.750 bits per heavy atom. The second-order valence-corrected chi connectivity index (χ2v) is 23.5. The number of aromatic nitrogens is 3. The highest BCUT2D eigenvalue weighted by Gasteiger charge is 2.28. The molecule has 0 saturated carbocycles. The Morgan fingerprint density at radius 3 is 1.23 bits per heavy atom. The molecule has 100 heavy (non-hydrogen) atoms. The third-order valence-corrected chi connectivity index (χ3v) is 18.2. The van der Waals surface area contributed by atoms with Crippen LogP contribution in [0, 0.1) is 0 Å². The van der Waals surface area contributed by atoms with Gasteiger partial charge in [-0.2, -0.15) is 0 Å². The van der Waals surface area contributed by atoms with Crippen LogP contribution in [-0.2, 0) is 0 Å². The van der Waals surface area contributed by atoms with E-state index in [2.05, 4.69) is 83.4 Å². The van der Waals surface area contributed by atoms with Crippen LogP contribution in [0.2, 0.25) is 0 Å². The van der Waals surface area contributed by atoms with Gasteiger partial charge >= 0.3 is 0 Å². The first-order valence-corrected chi connectivity index (χ1v) is 32.4. The third-order valence-electron chi connectivity index (χ3n) is 15.7. The topological polar surface area (TPSA) is 51.0 Å². The quantitative estimate of drug-likeness (QED) is 0.108. The largest absolute Gasteiger partial charge is 0.262 e. The molecular weight excluding hydrogens is 1250 g/mol. The first-order valence-electron chi connectivity index (χ1n) is 47.7. The molecule has 0 spiro atoms. The maximum absolute atomic E-state index is 9.22. The van der Waals surface area contributed by atoms with Crippen molar-refractivity contribution in [3.8, 4) is 86.5 Å². The van der Waals surface area contributed by atoms with Crippen LogP contribution in [0.1, 0.15) is 81.8 Å². The predicted molar refractivity (Wildman–Crippen MR) is 429 cm³/mol. The number of hydrogen-bond acceptors (Lipinski definition) is 6. The van der Waals surface area contributed by atoms with E-state index >= 15 is 0 Å². The fourth-order valence-electron chi connectivity index (χ4n) is 11.4. The predicted octanol–water partition coefficient (Wildman–Crippen LogP) is 24.5. The average molecular weight is 1350 g/mol. The van der Waals surface area contributed by atoms with Crippen LogP contribution in [0.4, 0.5) is 5.69 Å². The van der Waals surface area contributed by atoms with Crippen LogP contribution in [0.5, 0.6) is 0 Å². The van der Waals surface area contributed by atoms with E-state index in [1.165, 1.54) is 10.8 Å². The maximum Gasteiger partial charge on any atom is 0.0971 e. The molecule has 16 aromatic rings. The number of aliphatic imine (C=N–C) groups is 1. The third kappa shape index (κ3) is 14.1. The fourth-order valence-corrected chi connectivity index (χ4v) is 13.8. The lowest BCUT2D eigenvalue weighted by atomic mass is 9.84. The van der Waals surface area contributed by atoms with Crippen LogP contribution in [0.25, 0.3) is 132 Å². The Hall–Kier alpha value is -12.3. The van der Waals surface area contributed by atoms with E-state index < -0.39 is 239 Å². The van der Waals surface area contributed by atoms with Gasteiger partial charge in [0.25, 0.3) is 0 Å². The minimum absolute atomic E-state index is 0.0151. The summed E-state index contributed by atoms with van der Waals surface area (Å²) in [4.78, 5) is 17.1. The van der Waals surface area contributed by atoms with Crippen molar-refractivity contribution in [2.24, 2.45) is 4.99 Å². The van der Waals surface area contributed by atoms with E-state index in [0.717, 1.165) is 50.9 Å². The molecule has 6 heteroatoms. The van der Waals surface area contributed by atoms with Gasteiger partial charge in [-0.15, -0.1) is 22.7 Å². The van der Waals surface area contributed by atoms with Gasteiger partial charge in [0.15, 0.2) is 0 Å². The first-order chi connectivity index (χ1) is 63.6. The van der Waals surface area contributed by atoms with Crippen LogP contribution < -0.4 is 10.4 Å². The molecule has 0 amide bonds. The summed E-state index contributed by atoms with van der Waals surface area (Å²) in [5.41, 5.74) is 2.52. The second kappa shape index (κ2) is 31.3. The van der Waals surface area contributed by atoms with Gasteiger partial charge < -0.3 is 0 Å². The molecule has 0 atom stereocenters. The van der Waals surface area contributed by atoms with Crippen molar-refractivity contribution < 1.29 is 46.6 Å². The van der Waals surface area contributed by atoms with E-state index in [1.807, 2.05) is 72.8 Å². The molecule has 5 aromatic heterocycles. The summed E-state index contributed by atoms with van der Waals surface area (Å²) in [6, 6.07) is 17.6. The summed E-state index contributed by atoms with van der Waals surface area (Å²) >= 11 is 1.28. The normalized spacial score (nSPS) is 16.2. The lowest BCUT2D eigenvalue weighted by Crippen LogP contribution is -2.33. The molecule has 17 rings (SSSR count). The SMILES string of the molecule is C=Cc1cccnc1-c1ccccn1.[2H]c1c([2H])c([2H])c(-c2sc(-c3c([2H])c([2H])c([2H])c([2H])c3[2H])c(-c3c([2H])c([2H])c([2H])c([2H])c3[2H])c2C2=c3ccccc3=C(c3ccc4ccc(C=C)c(N=C)c4n3)CC2)c([2H])c1[2H].[2H]c1cc([2H])c(-c2sc(-c3c([2H])c([2H])c([2H])c([2H])c3[2H])c(-c3c([2H])c([2H])c([2H])c([2H])c3[2H])c2-c2c([2H])c([2H])c([2H])c([2H])c2[2H])c([2H])c1[2H].c1ccc2ccccc2c1. The van der Waals surface area contributed by atoms with E-state index in [-0.39, 0.29) is 53.7 Å². The lowest BCUT2D eigenvalue weighted by molar-refractivity contribution is 1.03. The minimum Gasteiger partial charge on any atom is -0.262 e. The van der Waals surface area contributed by atoms with Gasteiger partial charge in [-0.05, 0) is 115 Å². The van der Waals surface area contributed by atoms with Gasteiger partial charge in [0.1, 0.15) is 0 Å². The number of hydrogen-bond donors (Lipinski definition) is 0. The van der Waals surface area contributed by atoms with Gasteiger partial charge in [0.05, 0.1) is 74.9 Å². The molecule has 0 unspecified atom stereocenters. The molecule has 0 radical (unpaired) electrons. The van der Waals surface area contributed by atoms with Gasteiger partial charge in [0.2, 0.25) is 0 Å². The van der Waals surface area contributed by atoms with Crippen molar-refractivity contribution in [1.82, 2.24) is 15.0 Å². The molecule has 4 nitrogen and oxygen atoms in total. The summed E-state index contributed by atoms with van der Waals surface area (Å²) in [6.07, 6.45) is 7.47. The average Bonchev–Trinajstić information content (AvgIpc) is 1.55. The van der Waals surface area contributed by atoms with Crippen molar-refractivity contribution in [2.75, 3.05) is 0 Å². The molecule has 0 bridgehead atoms. The number of fused-ring (bicyclic) bond motifs is 3. The lowest BCUT2D eigenvalue weighted by Gasteiger charge is -2.20. The number of benzene rings is 11. The summed E-state index contributed by atoms with van der Waals surface area (Å²) in [6.45, 7) is 11.4. The minimum atomic E-state index is -0.841. The smallest absolute Gasteiger partial charge is 0.0971 e. The molecular formula is C94H70N4S2. The van der Waals surface area contributed by atoms with Gasteiger partial charge in [-0.25, -0.2) is 4.98 Å². The van der Waals surface area contributed by atoms with Crippen molar-refractivity contribution >= 4 is 80.1 Å². The highest BCUT2D eigenvalue weighted by Crippen LogP contribution is 2.53. The molecule has 478 valence electrons. The molecule has 0 saturated heterocycles. The maximum atomic E-state index is 9.22. The highest BCUT2D eigenvalue weighted by atomic mass is 32.1. The fraction of sp³-hybridized carbons (Fsp3) is 0.0213. The monoisotopic (exact) mass is 1350 g/mol. The van der Waals surface area contributed by atoms with Crippen molar-refractivity contribution in [1.29, 1.82) is 0 Å². The Bertz CT molecular complexity index is 7590. The molecule has 0 N–H and O–H groups in total. The number of pyridine rings is 3. The number of nitrogens with zero attached hydrogens (tertiary/aromatic N) is 4. The zero-order valence-electron chi connectivity index (χ0n) is 86.7. The van der Waals surface area contributed by atoms with E-state index in [0.29, 0.717) is 50.7 Å². The zero-order valence-corrected chi connectivity index (χ0v) is 54.3. The summed E-state index contributed by atoms with van der Waals surface area (Å²) in [5.74, 6) is 0. The van der Waals surface area contributed by atoms with E-state index in [9.17, 15) is 2.74 Å². The zero-order chi connectivity index (χ0) is 97.4. The molecule has 1 aliphatic rings. The number of thiophene rings is 2. The first kappa shape index (κ1) is 36.3. The van der Waals surface area contributed by atoms with Crippen molar-refractivity contribution in [3.05, 3.63) is 397 Å². The highest BCUT2D eigenvalue weighted by molar-refractivity contribution is 7.20. The van der Waals surface area contributed by atoms with Crippen LogP contribution in [0.3, 0.4) is 0 Å². The van der Waals surface area contributed by atoms with Gasteiger partial charge in [0, 0.05) is 70.7 Å². The van der Waals surface area contributed by atoms with Crippen LogP contribution >= 0.6 is 22.7 Å². The molecule has 11 aromatic carbocycles.